The van der Waals surface area contributed by atoms with Gasteiger partial charge in [0, 0.05) is 23.0 Å². The molecule has 1 aliphatic heterocycles. The highest BCUT2D eigenvalue weighted by Crippen LogP contribution is 2.19. The number of carbonyl (C=O) groups excluding carboxylic acids is 2. The number of rotatable bonds is 1. The molecule has 0 bridgehead atoms. The molecule has 1 aromatic rings. The number of hydrogen-bond donors (Lipinski definition) is 0. The van der Waals surface area contributed by atoms with Gasteiger partial charge in [-0.05, 0) is 37.1 Å². The van der Waals surface area contributed by atoms with E-state index in [-0.39, 0.29) is 18.2 Å². The highest BCUT2D eigenvalue weighted by Gasteiger charge is 2.22. The maximum atomic E-state index is 12.2. The molecule has 0 saturated carbocycles. The van der Waals surface area contributed by atoms with Crippen LogP contribution in [-0.4, -0.2) is 29.7 Å². The molecule has 0 aromatic heterocycles. The van der Waals surface area contributed by atoms with Crippen LogP contribution in [0.5, 0.6) is 0 Å². The summed E-state index contributed by atoms with van der Waals surface area (Å²) in [4.78, 5) is 25.1. The van der Waals surface area contributed by atoms with E-state index in [1.54, 1.807) is 11.0 Å². The number of hydrogen-bond acceptors (Lipinski definition) is 2. The first kappa shape index (κ1) is 12.3. The van der Waals surface area contributed by atoms with Gasteiger partial charge >= 0.3 is 0 Å². The van der Waals surface area contributed by atoms with E-state index in [0.717, 1.165) is 16.5 Å². The average Bonchev–Trinajstić information content (AvgIpc) is 2.32. The zero-order valence-corrected chi connectivity index (χ0v) is 11.3. The number of nitrogens with zero attached hydrogens (tertiary/aromatic N) is 1. The summed E-state index contributed by atoms with van der Waals surface area (Å²) in [5.74, 6) is 0.104. The number of piperidine rings is 1. The van der Waals surface area contributed by atoms with Gasteiger partial charge in [-0.25, -0.2) is 0 Å². The maximum Gasteiger partial charge on any atom is 0.254 e. The van der Waals surface area contributed by atoms with Gasteiger partial charge in [0.2, 0.25) is 0 Å². The van der Waals surface area contributed by atoms with Gasteiger partial charge < -0.3 is 4.90 Å². The van der Waals surface area contributed by atoms with Gasteiger partial charge in [-0.15, -0.1) is 0 Å². The number of carbonyl (C=O) groups is 2. The molecule has 0 N–H and O–H groups in total. The van der Waals surface area contributed by atoms with Crippen molar-refractivity contribution in [2.75, 3.05) is 13.1 Å². The van der Waals surface area contributed by atoms with E-state index in [9.17, 15) is 9.59 Å². The Hall–Kier alpha value is -1.16. The molecule has 90 valence electrons. The van der Waals surface area contributed by atoms with Crippen molar-refractivity contribution in [1.29, 1.82) is 0 Å². The minimum absolute atomic E-state index is 0.0475. The van der Waals surface area contributed by atoms with E-state index >= 15 is 0 Å². The molecule has 17 heavy (non-hydrogen) atoms. The number of ketones is 1. The summed E-state index contributed by atoms with van der Waals surface area (Å²) < 4.78 is 0.990. The molecule has 1 aliphatic rings. The average molecular weight is 296 g/mol. The monoisotopic (exact) mass is 295 g/mol. The predicted octanol–water partition coefficient (Wildman–Crippen LogP) is 2.56. The number of likely N-dealkylation sites (tertiary alicyclic amines) is 1. The van der Waals surface area contributed by atoms with Crippen LogP contribution in [0.4, 0.5) is 0 Å². The molecular weight excluding hydrogens is 282 g/mol. The molecule has 1 fully saturated rings. The number of halogens is 1. The first-order valence-electron chi connectivity index (χ1n) is 5.65. The fourth-order valence-electron chi connectivity index (χ4n) is 1.97. The van der Waals surface area contributed by atoms with Gasteiger partial charge in [0.1, 0.15) is 0 Å². The fourth-order valence-corrected chi connectivity index (χ4v) is 2.22. The van der Waals surface area contributed by atoms with Crippen molar-refractivity contribution in [1.82, 2.24) is 4.90 Å². The molecule has 1 saturated heterocycles. The van der Waals surface area contributed by atoms with Crippen molar-refractivity contribution in [2.45, 2.75) is 19.8 Å². The second kappa shape index (κ2) is 5.00. The molecular formula is C13H14BrNO2. The van der Waals surface area contributed by atoms with Crippen LogP contribution in [0.15, 0.2) is 22.7 Å². The van der Waals surface area contributed by atoms with E-state index < -0.39 is 0 Å². The van der Waals surface area contributed by atoms with Crippen molar-refractivity contribution in [3.63, 3.8) is 0 Å². The highest BCUT2D eigenvalue weighted by atomic mass is 79.9. The summed E-state index contributed by atoms with van der Waals surface area (Å²) >= 11 is 3.41. The zero-order valence-electron chi connectivity index (χ0n) is 9.70. The van der Waals surface area contributed by atoms with Crippen molar-refractivity contribution >= 4 is 27.6 Å². The fraction of sp³-hybridized carbons (Fsp3) is 0.385. The van der Waals surface area contributed by atoms with E-state index in [2.05, 4.69) is 15.9 Å². The lowest BCUT2D eigenvalue weighted by atomic mass is 10.1. The normalized spacial score (nSPS) is 16.1. The molecule has 0 radical (unpaired) electrons. The van der Waals surface area contributed by atoms with Gasteiger partial charge in [-0.1, -0.05) is 15.9 Å². The Morgan fingerprint density at radius 2 is 2.18 bits per heavy atom. The van der Waals surface area contributed by atoms with Gasteiger partial charge in [0.25, 0.3) is 5.91 Å². The molecule has 1 aromatic carbocycles. The van der Waals surface area contributed by atoms with Gasteiger partial charge in [-0.3, -0.25) is 9.59 Å². The Labute approximate surface area is 109 Å². The summed E-state index contributed by atoms with van der Waals surface area (Å²) in [5.41, 5.74) is 1.68. The summed E-state index contributed by atoms with van der Waals surface area (Å²) in [5, 5.41) is 0. The van der Waals surface area contributed by atoms with E-state index in [4.69, 9.17) is 0 Å². The first-order chi connectivity index (χ1) is 8.08. The molecule has 4 heteroatoms. The largest absolute Gasteiger partial charge is 0.331 e. The van der Waals surface area contributed by atoms with Crippen LogP contribution in [0.3, 0.4) is 0 Å². The van der Waals surface area contributed by atoms with Gasteiger partial charge in [0.05, 0.1) is 6.54 Å². The van der Waals surface area contributed by atoms with Crippen LogP contribution < -0.4 is 0 Å². The van der Waals surface area contributed by atoms with Gasteiger partial charge in [0.15, 0.2) is 5.78 Å². The zero-order chi connectivity index (χ0) is 12.4. The SMILES string of the molecule is Cc1cc(C(=O)N2CCCC(=O)C2)ccc1Br. The number of amides is 1. The third-order valence-electron chi connectivity index (χ3n) is 2.94. The van der Waals surface area contributed by atoms with Crippen LogP contribution in [0.1, 0.15) is 28.8 Å². The van der Waals surface area contributed by atoms with E-state index in [0.29, 0.717) is 18.5 Å². The molecule has 0 unspecified atom stereocenters. The van der Waals surface area contributed by atoms with Crippen LogP contribution >= 0.6 is 15.9 Å². The molecule has 0 atom stereocenters. The molecule has 0 spiro atoms. The molecule has 2 rings (SSSR count). The Kier molecular flexibility index (Phi) is 3.62. The quantitative estimate of drug-likeness (QED) is 0.798. The Balaban J connectivity index is 2.18. The summed E-state index contributed by atoms with van der Waals surface area (Å²) in [6, 6.07) is 5.51. The lowest BCUT2D eigenvalue weighted by molar-refractivity contribution is -0.121. The first-order valence-corrected chi connectivity index (χ1v) is 6.44. The lowest BCUT2D eigenvalue weighted by Gasteiger charge is -2.26. The summed E-state index contributed by atoms with van der Waals surface area (Å²) in [7, 11) is 0. The van der Waals surface area contributed by atoms with Crippen LogP contribution in [-0.2, 0) is 4.79 Å². The van der Waals surface area contributed by atoms with Crippen molar-refractivity contribution in [3.8, 4) is 0 Å². The maximum absolute atomic E-state index is 12.2. The Bertz CT molecular complexity index is 470. The molecule has 1 amide bonds. The third-order valence-corrected chi connectivity index (χ3v) is 3.83. The minimum Gasteiger partial charge on any atom is -0.331 e. The number of benzene rings is 1. The van der Waals surface area contributed by atoms with Crippen LogP contribution in [0.25, 0.3) is 0 Å². The Morgan fingerprint density at radius 3 is 2.82 bits per heavy atom. The van der Waals surface area contributed by atoms with Crippen molar-refractivity contribution < 1.29 is 9.59 Å². The van der Waals surface area contributed by atoms with Crippen LogP contribution in [0.2, 0.25) is 0 Å². The number of Topliss-reactive ketones (excluding diaryl/α,β-unsaturated/α-hetero) is 1. The topological polar surface area (TPSA) is 37.4 Å². The number of aryl methyl sites for hydroxylation is 1. The third kappa shape index (κ3) is 2.75. The van der Waals surface area contributed by atoms with Gasteiger partial charge in [-0.2, -0.15) is 0 Å². The smallest absolute Gasteiger partial charge is 0.254 e. The molecule has 1 heterocycles. The van der Waals surface area contributed by atoms with Crippen molar-refractivity contribution in [3.05, 3.63) is 33.8 Å². The second-order valence-electron chi connectivity index (χ2n) is 4.33. The lowest BCUT2D eigenvalue weighted by Crippen LogP contribution is -2.40. The summed E-state index contributed by atoms with van der Waals surface area (Å²) in [6.07, 6.45) is 1.38. The minimum atomic E-state index is -0.0475. The predicted molar refractivity (Wildman–Crippen MR) is 69.0 cm³/mol. The molecule has 3 nitrogen and oxygen atoms in total. The van der Waals surface area contributed by atoms with Crippen LogP contribution in [0, 0.1) is 6.92 Å². The second-order valence-corrected chi connectivity index (χ2v) is 5.19. The van der Waals surface area contributed by atoms with Crippen molar-refractivity contribution in [2.24, 2.45) is 0 Å². The summed E-state index contributed by atoms with van der Waals surface area (Å²) in [6.45, 7) is 2.88. The van der Waals surface area contributed by atoms with E-state index in [1.165, 1.54) is 0 Å². The molecule has 0 aliphatic carbocycles. The highest BCUT2D eigenvalue weighted by molar-refractivity contribution is 9.10. The van der Waals surface area contributed by atoms with E-state index in [1.807, 2.05) is 19.1 Å². The standard InChI is InChI=1S/C13H14BrNO2/c1-9-7-10(4-5-12(9)14)13(17)15-6-2-3-11(16)8-15/h4-5,7H,2-3,6,8H2,1H3. The Morgan fingerprint density at radius 1 is 1.41 bits per heavy atom.